The van der Waals surface area contributed by atoms with Crippen molar-refractivity contribution in [2.24, 2.45) is 5.41 Å². The summed E-state index contributed by atoms with van der Waals surface area (Å²) in [4.78, 5) is 35.3. The number of urea groups is 1. The van der Waals surface area contributed by atoms with Gasteiger partial charge in [0.05, 0.1) is 6.54 Å². The molecule has 1 saturated carbocycles. The summed E-state index contributed by atoms with van der Waals surface area (Å²) in [5.74, 6) is -0.606. The minimum absolute atomic E-state index is 0.0113. The van der Waals surface area contributed by atoms with E-state index in [-0.39, 0.29) is 36.4 Å². The summed E-state index contributed by atoms with van der Waals surface area (Å²) < 4.78 is 0. The van der Waals surface area contributed by atoms with Crippen LogP contribution in [0, 0.1) is 5.41 Å². The minimum atomic E-state index is -0.484. The van der Waals surface area contributed by atoms with Gasteiger partial charge >= 0.3 is 6.03 Å². The quantitative estimate of drug-likeness (QED) is 0.707. The van der Waals surface area contributed by atoms with Crippen molar-refractivity contribution in [2.75, 3.05) is 13.1 Å². The Morgan fingerprint density at radius 3 is 2.72 bits per heavy atom. The lowest BCUT2D eigenvalue weighted by atomic mass is 9.92. The SMILES string of the molecule is CC1(C)CCC(NC(=O)CN2C(=O)CNC2=O)C1. The Balaban J connectivity index is 1.82. The topological polar surface area (TPSA) is 78.5 Å². The monoisotopic (exact) mass is 253 g/mol. The predicted octanol–water partition coefficient (Wildman–Crippen LogP) is 0.233. The smallest absolute Gasteiger partial charge is 0.325 e. The number of hydrogen-bond acceptors (Lipinski definition) is 3. The Kier molecular flexibility index (Phi) is 3.28. The molecule has 0 aromatic heterocycles. The molecule has 1 atom stereocenters. The van der Waals surface area contributed by atoms with Gasteiger partial charge in [-0.2, -0.15) is 0 Å². The van der Waals surface area contributed by atoms with Crippen molar-refractivity contribution in [1.82, 2.24) is 15.5 Å². The van der Waals surface area contributed by atoms with Crippen molar-refractivity contribution in [2.45, 2.75) is 39.2 Å². The highest BCUT2D eigenvalue weighted by Gasteiger charge is 2.34. The molecule has 1 heterocycles. The van der Waals surface area contributed by atoms with Crippen LogP contribution in [0.15, 0.2) is 0 Å². The molecule has 1 saturated heterocycles. The Morgan fingerprint density at radius 2 is 2.22 bits per heavy atom. The summed E-state index contributed by atoms with van der Waals surface area (Å²) in [6, 6.07) is -0.324. The summed E-state index contributed by atoms with van der Waals surface area (Å²) in [6.45, 7) is 4.16. The first-order valence-electron chi connectivity index (χ1n) is 6.25. The van der Waals surface area contributed by atoms with Crippen LogP contribution in [0.2, 0.25) is 0 Å². The van der Waals surface area contributed by atoms with Gasteiger partial charge in [-0.15, -0.1) is 0 Å². The van der Waals surface area contributed by atoms with Gasteiger partial charge in [0.1, 0.15) is 6.54 Å². The largest absolute Gasteiger partial charge is 0.352 e. The van der Waals surface area contributed by atoms with Gasteiger partial charge in [-0.25, -0.2) is 4.79 Å². The zero-order valence-electron chi connectivity index (χ0n) is 10.8. The molecule has 100 valence electrons. The first-order valence-corrected chi connectivity index (χ1v) is 6.25. The van der Waals surface area contributed by atoms with Gasteiger partial charge in [-0.3, -0.25) is 14.5 Å². The number of carbonyl (C=O) groups excluding carboxylic acids is 3. The maximum Gasteiger partial charge on any atom is 0.325 e. The van der Waals surface area contributed by atoms with Crippen molar-refractivity contribution < 1.29 is 14.4 Å². The summed E-state index contributed by atoms with van der Waals surface area (Å²) in [5, 5.41) is 5.28. The molecule has 6 nitrogen and oxygen atoms in total. The molecule has 2 aliphatic rings. The third-order valence-corrected chi connectivity index (χ3v) is 3.57. The van der Waals surface area contributed by atoms with Crippen molar-refractivity contribution >= 4 is 17.8 Å². The molecule has 1 unspecified atom stereocenters. The van der Waals surface area contributed by atoms with E-state index in [0.29, 0.717) is 0 Å². The van der Waals surface area contributed by atoms with Gasteiger partial charge in [0.25, 0.3) is 5.91 Å². The van der Waals surface area contributed by atoms with Gasteiger partial charge in [-0.1, -0.05) is 13.8 Å². The third-order valence-electron chi connectivity index (χ3n) is 3.57. The third kappa shape index (κ3) is 2.80. The summed E-state index contributed by atoms with van der Waals surface area (Å²) in [7, 11) is 0. The highest BCUT2D eigenvalue weighted by atomic mass is 16.2. The van der Waals surface area contributed by atoms with Crippen LogP contribution in [0.5, 0.6) is 0 Å². The molecular formula is C12H19N3O3. The van der Waals surface area contributed by atoms with E-state index in [1.165, 1.54) is 0 Å². The Labute approximate surface area is 106 Å². The minimum Gasteiger partial charge on any atom is -0.352 e. The van der Waals surface area contributed by atoms with Crippen LogP contribution < -0.4 is 10.6 Å². The zero-order valence-corrected chi connectivity index (χ0v) is 10.8. The number of nitrogens with one attached hydrogen (secondary N) is 2. The molecular weight excluding hydrogens is 234 g/mol. The van der Waals surface area contributed by atoms with Crippen LogP contribution in [-0.4, -0.2) is 41.9 Å². The second kappa shape index (κ2) is 4.59. The molecule has 0 bridgehead atoms. The lowest BCUT2D eigenvalue weighted by molar-refractivity contribution is -0.130. The molecule has 18 heavy (non-hydrogen) atoms. The van der Waals surface area contributed by atoms with Crippen LogP contribution in [0.1, 0.15) is 33.1 Å². The number of nitrogens with zero attached hydrogens (tertiary/aromatic N) is 1. The van der Waals surface area contributed by atoms with Gasteiger partial charge in [0, 0.05) is 6.04 Å². The lowest BCUT2D eigenvalue weighted by Crippen LogP contribution is -2.43. The zero-order chi connectivity index (χ0) is 13.3. The average Bonchev–Trinajstić information content (AvgIpc) is 2.75. The van der Waals surface area contributed by atoms with E-state index >= 15 is 0 Å². The van der Waals surface area contributed by atoms with Gasteiger partial charge in [0.2, 0.25) is 5.91 Å². The molecule has 4 amide bonds. The van der Waals surface area contributed by atoms with Crippen molar-refractivity contribution in [3.05, 3.63) is 0 Å². The molecule has 0 spiro atoms. The molecule has 0 aromatic carbocycles. The molecule has 0 aromatic rings. The van der Waals surface area contributed by atoms with Crippen LogP contribution in [-0.2, 0) is 9.59 Å². The van der Waals surface area contributed by atoms with Crippen molar-refractivity contribution in [3.63, 3.8) is 0 Å². The molecule has 1 aliphatic heterocycles. The van der Waals surface area contributed by atoms with Crippen LogP contribution >= 0.6 is 0 Å². The molecule has 2 fully saturated rings. The maximum atomic E-state index is 11.8. The number of hydrogen-bond donors (Lipinski definition) is 2. The van der Waals surface area contributed by atoms with Crippen LogP contribution in [0.3, 0.4) is 0 Å². The normalized spacial score (nSPS) is 26.3. The summed E-state index contributed by atoms with van der Waals surface area (Å²) in [6.07, 6.45) is 2.98. The van der Waals surface area contributed by atoms with Crippen LogP contribution in [0.4, 0.5) is 4.79 Å². The van der Waals surface area contributed by atoms with Crippen molar-refractivity contribution in [1.29, 1.82) is 0 Å². The molecule has 6 heteroatoms. The fourth-order valence-corrected chi connectivity index (χ4v) is 2.59. The second-order valence-corrected chi connectivity index (χ2v) is 5.81. The second-order valence-electron chi connectivity index (χ2n) is 5.81. The highest BCUT2D eigenvalue weighted by Crippen LogP contribution is 2.36. The summed E-state index contributed by atoms with van der Waals surface area (Å²) >= 11 is 0. The van der Waals surface area contributed by atoms with E-state index in [1.807, 2.05) is 0 Å². The fraction of sp³-hybridized carbons (Fsp3) is 0.750. The van der Waals surface area contributed by atoms with Gasteiger partial charge < -0.3 is 10.6 Å². The number of imide groups is 1. The lowest BCUT2D eigenvalue weighted by Gasteiger charge is -2.19. The predicted molar refractivity (Wildman–Crippen MR) is 64.7 cm³/mol. The standard InChI is InChI=1S/C12H19N3O3/c1-12(2)4-3-8(5-12)14-9(16)7-15-10(17)6-13-11(15)18/h8H,3-7H2,1-2H3,(H,13,18)(H,14,16). The first kappa shape index (κ1) is 12.9. The molecule has 1 aliphatic carbocycles. The molecule has 2 N–H and O–H groups in total. The van der Waals surface area contributed by atoms with Gasteiger partial charge in [0.15, 0.2) is 0 Å². The molecule has 0 radical (unpaired) electrons. The van der Waals surface area contributed by atoms with E-state index in [1.54, 1.807) is 0 Å². The van der Waals surface area contributed by atoms with E-state index in [0.717, 1.165) is 24.2 Å². The fourth-order valence-electron chi connectivity index (χ4n) is 2.59. The Morgan fingerprint density at radius 1 is 1.50 bits per heavy atom. The number of amides is 4. The van der Waals surface area contributed by atoms with Crippen LogP contribution in [0.25, 0.3) is 0 Å². The van der Waals surface area contributed by atoms with Crippen molar-refractivity contribution in [3.8, 4) is 0 Å². The van der Waals surface area contributed by atoms with E-state index in [4.69, 9.17) is 0 Å². The van der Waals surface area contributed by atoms with Gasteiger partial charge in [-0.05, 0) is 24.7 Å². The van der Waals surface area contributed by atoms with E-state index < -0.39 is 6.03 Å². The van der Waals surface area contributed by atoms with E-state index in [2.05, 4.69) is 24.5 Å². The number of rotatable bonds is 3. The maximum absolute atomic E-state index is 11.8. The summed E-state index contributed by atoms with van der Waals surface area (Å²) in [5.41, 5.74) is 0.263. The highest BCUT2D eigenvalue weighted by molar-refractivity contribution is 6.04. The Bertz CT molecular complexity index is 376. The Hall–Kier alpha value is -1.59. The molecule has 2 rings (SSSR count). The first-order chi connectivity index (χ1) is 8.37. The average molecular weight is 253 g/mol. The number of carbonyl (C=O) groups is 3. The van der Waals surface area contributed by atoms with E-state index in [9.17, 15) is 14.4 Å².